The van der Waals surface area contributed by atoms with Crippen LogP contribution in [0.5, 0.6) is 0 Å². The molecule has 1 aromatic rings. The third kappa shape index (κ3) is 3.87. The number of benzene rings is 1. The number of nitrogens with one attached hydrogen (secondary N) is 2. The molecule has 0 aromatic heterocycles. The lowest BCUT2D eigenvalue weighted by Gasteiger charge is -2.33. The second kappa shape index (κ2) is 7.20. The molecule has 0 radical (unpaired) electrons. The lowest BCUT2D eigenvalue weighted by molar-refractivity contribution is 0.0532. The maximum atomic E-state index is 12.6. The third-order valence-corrected chi connectivity index (χ3v) is 4.05. The monoisotopic (exact) mass is 349 g/mol. The van der Waals surface area contributed by atoms with Crippen molar-refractivity contribution in [3.63, 3.8) is 0 Å². The van der Waals surface area contributed by atoms with Crippen LogP contribution in [0.4, 0.5) is 9.59 Å². The number of rotatable bonds is 6. The molecule has 2 rings (SSSR count). The average molecular weight is 349 g/mol. The molecule has 25 heavy (non-hydrogen) atoms. The van der Waals surface area contributed by atoms with Crippen molar-refractivity contribution in [2.75, 3.05) is 0 Å². The molecular weight excluding hydrogens is 330 g/mol. The van der Waals surface area contributed by atoms with Crippen LogP contribution in [0.1, 0.15) is 41.0 Å². The van der Waals surface area contributed by atoms with Crippen LogP contribution in [-0.4, -0.2) is 57.2 Å². The Morgan fingerprint density at radius 3 is 1.92 bits per heavy atom. The van der Waals surface area contributed by atoms with E-state index in [1.807, 2.05) is 0 Å². The summed E-state index contributed by atoms with van der Waals surface area (Å²) in [4.78, 5) is 48.0. The summed E-state index contributed by atoms with van der Waals surface area (Å²) in [7, 11) is 0. The Morgan fingerprint density at radius 1 is 1.00 bits per heavy atom. The van der Waals surface area contributed by atoms with Crippen LogP contribution in [0, 0.1) is 0 Å². The maximum Gasteiger partial charge on any atom is 0.404 e. The van der Waals surface area contributed by atoms with Crippen LogP contribution in [0.2, 0.25) is 0 Å². The highest BCUT2D eigenvalue weighted by atomic mass is 16.4. The standard InChI is InChI=1S/C16H19N3O6/c1-8(17-15(22)23)7-12(9(2)18-16(24)25)19-13(20)10-5-3-4-6-11(10)14(19)21/h3-6,8-9,12,17-18H,7H2,1-2H3,(H,22,23)(H,24,25)/t8?,9-,12?/m0/s1. The minimum Gasteiger partial charge on any atom is -0.465 e. The number of hydrogen-bond donors (Lipinski definition) is 4. The van der Waals surface area contributed by atoms with Crippen molar-refractivity contribution >= 4 is 24.0 Å². The van der Waals surface area contributed by atoms with Crippen molar-refractivity contribution in [3.05, 3.63) is 35.4 Å². The first-order valence-electron chi connectivity index (χ1n) is 7.68. The summed E-state index contributed by atoms with van der Waals surface area (Å²) in [6.07, 6.45) is -2.47. The molecule has 0 saturated carbocycles. The molecular formula is C16H19N3O6. The Balaban J connectivity index is 2.32. The molecule has 1 aromatic carbocycles. The molecule has 1 heterocycles. The number of nitrogens with zero attached hydrogens (tertiary/aromatic N) is 1. The van der Waals surface area contributed by atoms with Gasteiger partial charge < -0.3 is 20.8 Å². The number of carboxylic acid groups (broad SMARTS) is 2. The predicted molar refractivity (Wildman–Crippen MR) is 86.6 cm³/mol. The van der Waals surface area contributed by atoms with E-state index in [0.717, 1.165) is 4.90 Å². The Hall–Kier alpha value is -3.10. The van der Waals surface area contributed by atoms with Crippen LogP contribution < -0.4 is 10.6 Å². The van der Waals surface area contributed by atoms with Crippen LogP contribution >= 0.6 is 0 Å². The lowest BCUT2D eigenvalue weighted by atomic mass is 10.00. The molecule has 0 spiro atoms. The number of fused-ring (bicyclic) bond motifs is 1. The quantitative estimate of drug-likeness (QED) is 0.572. The molecule has 0 aliphatic carbocycles. The van der Waals surface area contributed by atoms with Crippen LogP contribution in [0.3, 0.4) is 0 Å². The summed E-state index contributed by atoms with van der Waals surface area (Å²) >= 11 is 0. The highest BCUT2D eigenvalue weighted by Crippen LogP contribution is 2.27. The van der Waals surface area contributed by atoms with E-state index in [1.54, 1.807) is 19.1 Å². The highest BCUT2D eigenvalue weighted by molar-refractivity contribution is 6.21. The van der Waals surface area contributed by atoms with Crippen molar-refractivity contribution in [2.24, 2.45) is 0 Å². The molecule has 134 valence electrons. The van der Waals surface area contributed by atoms with Gasteiger partial charge >= 0.3 is 12.2 Å². The zero-order valence-electron chi connectivity index (χ0n) is 13.7. The van der Waals surface area contributed by atoms with Gasteiger partial charge in [0.25, 0.3) is 11.8 Å². The largest absolute Gasteiger partial charge is 0.465 e. The first-order chi connectivity index (χ1) is 11.7. The lowest BCUT2D eigenvalue weighted by Crippen LogP contribution is -2.54. The SMILES string of the molecule is CC(CC([C@H](C)NC(=O)O)N1C(=O)c2ccccc2C1=O)NC(=O)O. The number of imide groups is 1. The fourth-order valence-corrected chi connectivity index (χ4v) is 2.97. The molecule has 9 heteroatoms. The summed E-state index contributed by atoms with van der Waals surface area (Å²) in [6.45, 7) is 3.10. The maximum absolute atomic E-state index is 12.6. The van der Waals surface area contributed by atoms with E-state index in [2.05, 4.69) is 10.6 Å². The summed E-state index contributed by atoms with van der Waals surface area (Å²) in [6, 6.07) is 4.11. The predicted octanol–water partition coefficient (Wildman–Crippen LogP) is 1.35. The number of hydrogen-bond acceptors (Lipinski definition) is 4. The molecule has 0 fully saturated rings. The fraction of sp³-hybridized carbons (Fsp3) is 0.375. The minimum absolute atomic E-state index is 0.0687. The second-order valence-corrected chi connectivity index (χ2v) is 5.92. The van der Waals surface area contributed by atoms with Crippen LogP contribution in [0.15, 0.2) is 24.3 Å². The van der Waals surface area contributed by atoms with Gasteiger partial charge in [-0.25, -0.2) is 9.59 Å². The smallest absolute Gasteiger partial charge is 0.404 e. The molecule has 9 nitrogen and oxygen atoms in total. The zero-order valence-corrected chi connectivity index (χ0v) is 13.7. The van der Waals surface area contributed by atoms with Gasteiger partial charge in [-0.15, -0.1) is 0 Å². The molecule has 0 saturated heterocycles. The van der Waals surface area contributed by atoms with Crippen molar-refractivity contribution in [2.45, 2.75) is 38.4 Å². The normalized spacial score (nSPS) is 16.8. The van der Waals surface area contributed by atoms with E-state index >= 15 is 0 Å². The average Bonchev–Trinajstić information content (AvgIpc) is 2.76. The summed E-state index contributed by atoms with van der Waals surface area (Å²) < 4.78 is 0. The van der Waals surface area contributed by atoms with Gasteiger partial charge in [-0.1, -0.05) is 12.1 Å². The van der Waals surface area contributed by atoms with E-state index in [9.17, 15) is 19.2 Å². The highest BCUT2D eigenvalue weighted by Gasteiger charge is 2.42. The Kier molecular flexibility index (Phi) is 5.26. The first kappa shape index (κ1) is 18.2. The van der Waals surface area contributed by atoms with E-state index in [1.165, 1.54) is 19.1 Å². The van der Waals surface area contributed by atoms with Gasteiger partial charge in [0.05, 0.1) is 23.2 Å². The second-order valence-electron chi connectivity index (χ2n) is 5.92. The number of amides is 4. The summed E-state index contributed by atoms with van der Waals surface area (Å²) in [5.41, 5.74) is 0.498. The Morgan fingerprint density at radius 2 is 1.48 bits per heavy atom. The Bertz CT molecular complexity index is 685. The van der Waals surface area contributed by atoms with E-state index in [4.69, 9.17) is 10.2 Å². The van der Waals surface area contributed by atoms with Gasteiger partial charge in [-0.05, 0) is 32.4 Å². The zero-order chi connectivity index (χ0) is 18.7. The Labute approximate surface area is 143 Å². The van der Waals surface area contributed by atoms with Crippen molar-refractivity contribution in [1.82, 2.24) is 15.5 Å². The van der Waals surface area contributed by atoms with Gasteiger partial charge in [-0.3, -0.25) is 14.5 Å². The van der Waals surface area contributed by atoms with Crippen molar-refractivity contribution < 1.29 is 29.4 Å². The van der Waals surface area contributed by atoms with Gasteiger partial charge in [0.15, 0.2) is 0 Å². The molecule has 2 unspecified atom stereocenters. The minimum atomic E-state index is -1.30. The van der Waals surface area contributed by atoms with Gasteiger partial charge in [0, 0.05) is 6.04 Å². The summed E-state index contributed by atoms with van der Waals surface area (Å²) in [5.74, 6) is -1.04. The molecule has 1 aliphatic rings. The van der Waals surface area contributed by atoms with E-state index in [0.29, 0.717) is 0 Å². The topological polar surface area (TPSA) is 136 Å². The van der Waals surface area contributed by atoms with Crippen LogP contribution in [-0.2, 0) is 0 Å². The van der Waals surface area contributed by atoms with E-state index < -0.39 is 42.1 Å². The van der Waals surface area contributed by atoms with Crippen molar-refractivity contribution in [1.29, 1.82) is 0 Å². The van der Waals surface area contributed by atoms with Gasteiger partial charge in [0.1, 0.15) is 0 Å². The fourth-order valence-electron chi connectivity index (χ4n) is 2.97. The van der Waals surface area contributed by atoms with E-state index in [-0.39, 0.29) is 17.5 Å². The molecule has 1 aliphatic heterocycles. The van der Waals surface area contributed by atoms with Crippen molar-refractivity contribution in [3.8, 4) is 0 Å². The molecule has 4 amide bonds. The molecule has 3 atom stereocenters. The first-order valence-corrected chi connectivity index (χ1v) is 7.68. The molecule has 0 bridgehead atoms. The van der Waals surface area contributed by atoms with Gasteiger partial charge in [-0.2, -0.15) is 0 Å². The molecule has 4 N–H and O–H groups in total. The number of carbonyl (C=O) groups is 4. The number of carbonyl (C=O) groups excluding carboxylic acids is 2. The summed E-state index contributed by atoms with van der Waals surface area (Å²) in [5, 5.41) is 22.3. The van der Waals surface area contributed by atoms with Gasteiger partial charge in [0.2, 0.25) is 0 Å². The third-order valence-electron chi connectivity index (χ3n) is 4.05. The van der Waals surface area contributed by atoms with Crippen LogP contribution in [0.25, 0.3) is 0 Å².